The van der Waals surface area contributed by atoms with E-state index in [0.29, 0.717) is 6.42 Å². The van der Waals surface area contributed by atoms with Gasteiger partial charge in [0.05, 0.1) is 0 Å². The van der Waals surface area contributed by atoms with Gasteiger partial charge in [0.2, 0.25) is 0 Å². The fourth-order valence-electron chi connectivity index (χ4n) is 1.29. The van der Waals surface area contributed by atoms with Crippen molar-refractivity contribution in [2.45, 2.75) is 18.8 Å². The summed E-state index contributed by atoms with van der Waals surface area (Å²) in [5.74, 6) is -0.899. The van der Waals surface area contributed by atoms with Gasteiger partial charge in [-0.3, -0.25) is 0 Å². The SMILES string of the molecule is COC(CCc1cccs1)(OC)OC. The Hall–Kier alpha value is -0.420. The molecule has 0 aliphatic heterocycles. The maximum Gasteiger partial charge on any atom is 0.282 e. The first kappa shape index (κ1) is 11.7. The van der Waals surface area contributed by atoms with Crippen molar-refractivity contribution < 1.29 is 14.2 Å². The zero-order valence-electron chi connectivity index (χ0n) is 8.78. The van der Waals surface area contributed by atoms with Gasteiger partial charge < -0.3 is 14.2 Å². The van der Waals surface area contributed by atoms with Crippen LogP contribution in [0.25, 0.3) is 0 Å². The number of hydrogen-bond acceptors (Lipinski definition) is 4. The minimum atomic E-state index is -0.899. The van der Waals surface area contributed by atoms with Gasteiger partial charge in [-0.2, -0.15) is 0 Å². The van der Waals surface area contributed by atoms with Crippen LogP contribution >= 0.6 is 11.3 Å². The molecule has 0 spiro atoms. The maximum atomic E-state index is 5.19. The van der Waals surface area contributed by atoms with E-state index >= 15 is 0 Å². The van der Waals surface area contributed by atoms with Crippen LogP contribution in [0.5, 0.6) is 0 Å². The van der Waals surface area contributed by atoms with Crippen LogP contribution < -0.4 is 0 Å². The summed E-state index contributed by atoms with van der Waals surface area (Å²) in [6.07, 6.45) is 1.59. The second kappa shape index (κ2) is 5.46. The van der Waals surface area contributed by atoms with Gasteiger partial charge in [-0.05, 0) is 17.9 Å². The van der Waals surface area contributed by atoms with Crippen molar-refractivity contribution in [3.05, 3.63) is 22.4 Å². The van der Waals surface area contributed by atoms with Crippen molar-refractivity contribution in [2.24, 2.45) is 0 Å². The van der Waals surface area contributed by atoms with Crippen LogP contribution in [-0.4, -0.2) is 27.3 Å². The average Bonchev–Trinajstić information content (AvgIpc) is 2.74. The zero-order chi connectivity index (χ0) is 10.4. The van der Waals surface area contributed by atoms with E-state index in [0.717, 1.165) is 6.42 Å². The van der Waals surface area contributed by atoms with Crippen LogP contribution in [0.2, 0.25) is 0 Å². The Balaban J connectivity index is 2.48. The fraction of sp³-hybridized carbons (Fsp3) is 0.600. The van der Waals surface area contributed by atoms with E-state index in [-0.39, 0.29) is 0 Å². The highest BCUT2D eigenvalue weighted by Crippen LogP contribution is 2.21. The average molecular weight is 216 g/mol. The molecule has 0 saturated heterocycles. The summed E-state index contributed by atoms with van der Waals surface area (Å²) >= 11 is 1.73. The van der Waals surface area contributed by atoms with Gasteiger partial charge in [0.1, 0.15) is 0 Å². The molecule has 0 aliphatic rings. The first-order valence-electron chi connectivity index (χ1n) is 4.44. The lowest BCUT2D eigenvalue weighted by Gasteiger charge is -2.28. The summed E-state index contributed by atoms with van der Waals surface area (Å²) in [6, 6.07) is 4.13. The minimum Gasteiger partial charge on any atom is -0.331 e. The summed E-state index contributed by atoms with van der Waals surface area (Å²) in [6.45, 7) is 0. The van der Waals surface area contributed by atoms with E-state index in [1.54, 1.807) is 32.7 Å². The quantitative estimate of drug-likeness (QED) is 0.683. The zero-order valence-corrected chi connectivity index (χ0v) is 9.60. The number of aryl methyl sites for hydroxylation is 1. The first-order valence-corrected chi connectivity index (χ1v) is 5.32. The van der Waals surface area contributed by atoms with E-state index in [1.165, 1.54) is 4.88 Å². The summed E-state index contributed by atoms with van der Waals surface area (Å²) in [5.41, 5.74) is 0. The molecule has 1 aromatic rings. The van der Waals surface area contributed by atoms with Crippen molar-refractivity contribution in [3.8, 4) is 0 Å². The number of methoxy groups -OCH3 is 3. The number of hydrogen-bond donors (Lipinski definition) is 0. The lowest BCUT2D eigenvalue weighted by molar-refractivity contribution is -0.354. The van der Waals surface area contributed by atoms with Crippen LogP contribution in [0.3, 0.4) is 0 Å². The molecule has 3 nitrogen and oxygen atoms in total. The van der Waals surface area contributed by atoms with Gasteiger partial charge in [-0.15, -0.1) is 11.3 Å². The van der Waals surface area contributed by atoms with Crippen LogP contribution in [-0.2, 0) is 20.6 Å². The molecule has 0 bridgehead atoms. The number of thiophene rings is 1. The molecule has 0 fully saturated rings. The molecule has 1 aromatic heterocycles. The molecule has 80 valence electrons. The molecule has 0 saturated carbocycles. The smallest absolute Gasteiger partial charge is 0.282 e. The number of ether oxygens (including phenoxy) is 3. The molecule has 1 heterocycles. The Morgan fingerprint density at radius 2 is 1.86 bits per heavy atom. The van der Waals surface area contributed by atoms with Gasteiger partial charge >= 0.3 is 0 Å². The second-order valence-corrected chi connectivity index (χ2v) is 3.91. The summed E-state index contributed by atoms with van der Waals surface area (Å²) < 4.78 is 15.6. The second-order valence-electron chi connectivity index (χ2n) is 2.87. The highest BCUT2D eigenvalue weighted by molar-refractivity contribution is 7.09. The van der Waals surface area contributed by atoms with Crippen molar-refractivity contribution in [2.75, 3.05) is 21.3 Å². The lowest BCUT2D eigenvalue weighted by atomic mass is 10.2. The van der Waals surface area contributed by atoms with Crippen molar-refractivity contribution in [1.82, 2.24) is 0 Å². The van der Waals surface area contributed by atoms with E-state index in [9.17, 15) is 0 Å². The highest BCUT2D eigenvalue weighted by Gasteiger charge is 2.28. The fourth-order valence-corrected chi connectivity index (χ4v) is 2.00. The van der Waals surface area contributed by atoms with Crippen molar-refractivity contribution >= 4 is 11.3 Å². The molecular formula is C10H16O3S. The Morgan fingerprint density at radius 3 is 2.29 bits per heavy atom. The Kier molecular flexibility index (Phi) is 4.54. The monoisotopic (exact) mass is 216 g/mol. The van der Waals surface area contributed by atoms with Crippen LogP contribution in [0.15, 0.2) is 17.5 Å². The first-order chi connectivity index (χ1) is 6.76. The highest BCUT2D eigenvalue weighted by atomic mass is 32.1. The predicted molar refractivity (Wildman–Crippen MR) is 56.4 cm³/mol. The van der Waals surface area contributed by atoms with Crippen LogP contribution in [0.1, 0.15) is 11.3 Å². The molecule has 0 N–H and O–H groups in total. The van der Waals surface area contributed by atoms with Crippen molar-refractivity contribution in [3.63, 3.8) is 0 Å². The molecule has 14 heavy (non-hydrogen) atoms. The number of rotatable bonds is 6. The standard InChI is InChI=1S/C10H16O3S/c1-11-10(12-2,13-3)7-6-9-5-4-8-14-9/h4-5,8H,6-7H2,1-3H3. The summed E-state index contributed by atoms with van der Waals surface area (Å²) in [5, 5.41) is 2.06. The molecule has 0 atom stereocenters. The van der Waals surface area contributed by atoms with E-state index < -0.39 is 5.97 Å². The minimum absolute atomic E-state index is 0.691. The van der Waals surface area contributed by atoms with Crippen LogP contribution in [0.4, 0.5) is 0 Å². The Bertz CT molecular complexity index is 234. The lowest BCUT2D eigenvalue weighted by Crippen LogP contribution is -2.36. The molecule has 4 heteroatoms. The largest absolute Gasteiger partial charge is 0.331 e. The van der Waals surface area contributed by atoms with Crippen molar-refractivity contribution in [1.29, 1.82) is 0 Å². The van der Waals surface area contributed by atoms with Gasteiger partial charge in [0.15, 0.2) is 0 Å². The Labute approximate surface area is 88.6 Å². The summed E-state index contributed by atoms with van der Waals surface area (Å²) in [4.78, 5) is 1.31. The predicted octanol–water partition coefficient (Wildman–Crippen LogP) is 2.27. The normalized spacial score (nSPS) is 11.9. The molecule has 0 unspecified atom stereocenters. The van der Waals surface area contributed by atoms with Gasteiger partial charge in [-0.25, -0.2) is 0 Å². The molecule has 0 aliphatic carbocycles. The van der Waals surface area contributed by atoms with Gasteiger partial charge in [0.25, 0.3) is 5.97 Å². The van der Waals surface area contributed by atoms with Crippen LogP contribution in [0, 0.1) is 0 Å². The van der Waals surface area contributed by atoms with E-state index in [4.69, 9.17) is 14.2 Å². The van der Waals surface area contributed by atoms with E-state index in [1.807, 2.05) is 6.07 Å². The molecular weight excluding hydrogens is 200 g/mol. The third kappa shape index (κ3) is 2.78. The molecule has 0 radical (unpaired) electrons. The van der Waals surface area contributed by atoms with E-state index in [2.05, 4.69) is 11.4 Å². The summed E-state index contributed by atoms with van der Waals surface area (Å²) in [7, 11) is 4.75. The molecule has 1 rings (SSSR count). The Morgan fingerprint density at radius 1 is 1.21 bits per heavy atom. The molecule has 0 amide bonds. The topological polar surface area (TPSA) is 27.7 Å². The van der Waals surface area contributed by atoms with Gasteiger partial charge in [-0.1, -0.05) is 6.07 Å². The third-order valence-corrected chi connectivity index (χ3v) is 3.13. The maximum absolute atomic E-state index is 5.19. The molecule has 0 aromatic carbocycles. The van der Waals surface area contributed by atoms with Gasteiger partial charge in [0, 0.05) is 32.6 Å². The third-order valence-electron chi connectivity index (χ3n) is 2.19.